The summed E-state index contributed by atoms with van der Waals surface area (Å²) in [6, 6.07) is 2.21. The Bertz CT molecular complexity index is 202. The Morgan fingerprint density at radius 2 is 1.17 bits per heavy atom. The molecular formula is C17H33N. The van der Waals surface area contributed by atoms with E-state index in [1.54, 1.807) is 0 Å². The van der Waals surface area contributed by atoms with Crippen LogP contribution in [0.15, 0.2) is 0 Å². The molecule has 0 aliphatic heterocycles. The molecule has 0 saturated carbocycles. The van der Waals surface area contributed by atoms with E-state index in [9.17, 15) is 0 Å². The molecule has 0 aromatic carbocycles. The summed E-state index contributed by atoms with van der Waals surface area (Å²) >= 11 is 0. The maximum Gasteiger partial charge on any atom is 0.0621 e. The van der Waals surface area contributed by atoms with Gasteiger partial charge in [0.05, 0.1) is 6.07 Å². The summed E-state index contributed by atoms with van der Waals surface area (Å²) in [5, 5.41) is 8.44. The van der Waals surface area contributed by atoms with Crippen molar-refractivity contribution in [1.82, 2.24) is 0 Å². The normalized spacial score (nSPS) is 11.4. The molecule has 0 aliphatic rings. The van der Waals surface area contributed by atoms with E-state index in [0.29, 0.717) is 5.41 Å². The molecule has 0 aromatic rings. The molecule has 106 valence electrons. The predicted octanol–water partition coefficient (Wildman–Crippen LogP) is 6.24. The zero-order chi connectivity index (χ0) is 13.7. The SMILES string of the molecule is CCC(CC)(CC)CCCCCCCCCC#N. The van der Waals surface area contributed by atoms with Gasteiger partial charge in [-0.2, -0.15) is 5.26 Å². The molecule has 1 nitrogen and oxygen atoms in total. The summed E-state index contributed by atoms with van der Waals surface area (Å²) in [7, 11) is 0. The van der Waals surface area contributed by atoms with Crippen LogP contribution in [0.25, 0.3) is 0 Å². The second-order valence-electron chi connectivity index (χ2n) is 5.69. The van der Waals surface area contributed by atoms with Gasteiger partial charge in [0, 0.05) is 6.42 Å². The van der Waals surface area contributed by atoms with E-state index in [1.807, 2.05) is 0 Å². The lowest BCUT2D eigenvalue weighted by molar-refractivity contribution is 0.220. The molecule has 0 rings (SSSR count). The van der Waals surface area contributed by atoms with Crippen molar-refractivity contribution in [1.29, 1.82) is 5.26 Å². The molecule has 0 spiro atoms. The van der Waals surface area contributed by atoms with Crippen LogP contribution < -0.4 is 0 Å². The van der Waals surface area contributed by atoms with Gasteiger partial charge < -0.3 is 0 Å². The van der Waals surface area contributed by atoms with Crippen molar-refractivity contribution < 1.29 is 0 Å². The highest BCUT2D eigenvalue weighted by Gasteiger charge is 2.22. The minimum Gasteiger partial charge on any atom is -0.198 e. The predicted molar refractivity (Wildman–Crippen MR) is 80.5 cm³/mol. The lowest BCUT2D eigenvalue weighted by Gasteiger charge is -2.30. The number of nitrogens with zero attached hydrogens (tertiary/aromatic N) is 1. The number of hydrogen-bond donors (Lipinski definition) is 0. The van der Waals surface area contributed by atoms with Crippen molar-refractivity contribution in [2.75, 3.05) is 0 Å². The summed E-state index contributed by atoms with van der Waals surface area (Å²) in [6.07, 6.45) is 15.4. The summed E-state index contributed by atoms with van der Waals surface area (Å²) in [5.74, 6) is 0. The van der Waals surface area contributed by atoms with Crippen LogP contribution in [-0.2, 0) is 0 Å². The lowest BCUT2D eigenvalue weighted by Crippen LogP contribution is -2.17. The molecule has 0 amide bonds. The smallest absolute Gasteiger partial charge is 0.0621 e. The molecule has 0 radical (unpaired) electrons. The van der Waals surface area contributed by atoms with Crippen LogP contribution in [0.3, 0.4) is 0 Å². The minimum absolute atomic E-state index is 0.632. The van der Waals surface area contributed by atoms with E-state index >= 15 is 0 Å². The molecule has 18 heavy (non-hydrogen) atoms. The molecule has 0 unspecified atom stereocenters. The standard InChI is InChI=1S/C17H33N/c1-4-17(5-2,6-3)15-13-11-9-7-8-10-12-14-16-18/h4-15H2,1-3H3. The van der Waals surface area contributed by atoms with Gasteiger partial charge in [-0.3, -0.25) is 0 Å². The van der Waals surface area contributed by atoms with Crippen LogP contribution in [0.1, 0.15) is 97.8 Å². The fourth-order valence-electron chi connectivity index (χ4n) is 2.87. The average molecular weight is 251 g/mol. The van der Waals surface area contributed by atoms with Gasteiger partial charge in [0.2, 0.25) is 0 Å². The number of rotatable bonds is 12. The third kappa shape index (κ3) is 7.75. The topological polar surface area (TPSA) is 23.8 Å². The van der Waals surface area contributed by atoms with Gasteiger partial charge in [0.1, 0.15) is 0 Å². The highest BCUT2D eigenvalue weighted by molar-refractivity contribution is 4.74. The van der Waals surface area contributed by atoms with Gasteiger partial charge in [-0.15, -0.1) is 0 Å². The van der Waals surface area contributed by atoms with Gasteiger partial charge in [-0.05, 0) is 18.3 Å². The van der Waals surface area contributed by atoms with Gasteiger partial charge in [0.15, 0.2) is 0 Å². The molecule has 0 atom stereocenters. The highest BCUT2D eigenvalue weighted by Crippen LogP contribution is 2.36. The molecular weight excluding hydrogens is 218 g/mol. The lowest BCUT2D eigenvalue weighted by atomic mass is 9.75. The molecule has 0 aliphatic carbocycles. The van der Waals surface area contributed by atoms with Gasteiger partial charge in [-0.25, -0.2) is 0 Å². The highest BCUT2D eigenvalue weighted by atomic mass is 14.3. The van der Waals surface area contributed by atoms with E-state index in [-0.39, 0.29) is 0 Å². The van der Waals surface area contributed by atoms with E-state index in [1.165, 1.54) is 64.2 Å². The largest absolute Gasteiger partial charge is 0.198 e. The van der Waals surface area contributed by atoms with Crippen molar-refractivity contribution >= 4 is 0 Å². The Balaban J connectivity index is 3.42. The third-order valence-corrected chi connectivity index (χ3v) is 4.75. The summed E-state index contributed by atoms with van der Waals surface area (Å²) < 4.78 is 0. The van der Waals surface area contributed by atoms with E-state index in [2.05, 4.69) is 26.8 Å². The zero-order valence-corrected chi connectivity index (χ0v) is 12.9. The summed E-state index contributed by atoms with van der Waals surface area (Å²) in [4.78, 5) is 0. The zero-order valence-electron chi connectivity index (χ0n) is 12.9. The summed E-state index contributed by atoms with van der Waals surface area (Å²) in [5.41, 5.74) is 0.632. The second-order valence-corrected chi connectivity index (χ2v) is 5.69. The van der Waals surface area contributed by atoms with Crippen molar-refractivity contribution in [3.05, 3.63) is 0 Å². The first-order valence-corrected chi connectivity index (χ1v) is 8.11. The number of hydrogen-bond acceptors (Lipinski definition) is 1. The van der Waals surface area contributed by atoms with Gasteiger partial charge in [0.25, 0.3) is 0 Å². The number of unbranched alkanes of at least 4 members (excludes halogenated alkanes) is 7. The molecule has 0 N–H and O–H groups in total. The van der Waals surface area contributed by atoms with Crippen molar-refractivity contribution in [2.24, 2.45) is 5.41 Å². The molecule has 0 aromatic heterocycles. The third-order valence-electron chi connectivity index (χ3n) is 4.75. The Morgan fingerprint density at radius 3 is 1.61 bits per heavy atom. The Hall–Kier alpha value is -0.510. The quantitative estimate of drug-likeness (QED) is 0.377. The maximum atomic E-state index is 8.44. The van der Waals surface area contributed by atoms with Gasteiger partial charge in [-0.1, -0.05) is 78.6 Å². The Kier molecular flexibility index (Phi) is 11.2. The van der Waals surface area contributed by atoms with E-state index < -0.39 is 0 Å². The average Bonchev–Trinajstić information content (AvgIpc) is 2.42. The van der Waals surface area contributed by atoms with Crippen LogP contribution in [0.5, 0.6) is 0 Å². The van der Waals surface area contributed by atoms with Crippen LogP contribution in [0.2, 0.25) is 0 Å². The van der Waals surface area contributed by atoms with E-state index in [0.717, 1.165) is 12.8 Å². The van der Waals surface area contributed by atoms with Crippen LogP contribution in [0.4, 0.5) is 0 Å². The monoisotopic (exact) mass is 251 g/mol. The van der Waals surface area contributed by atoms with Crippen LogP contribution in [0, 0.1) is 16.7 Å². The molecule has 1 heteroatoms. The van der Waals surface area contributed by atoms with Crippen molar-refractivity contribution in [3.8, 4) is 6.07 Å². The summed E-state index contributed by atoms with van der Waals surface area (Å²) in [6.45, 7) is 7.05. The molecule has 0 bridgehead atoms. The fourth-order valence-corrected chi connectivity index (χ4v) is 2.87. The molecule has 0 fully saturated rings. The van der Waals surface area contributed by atoms with Crippen LogP contribution in [-0.4, -0.2) is 0 Å². The van der Waals surface area contributed by atoms with Gasteiger partial charge >= 0.3 is 0 Å². The maximum absolute atomic E-state index is 8.44. The first-order chi connectivity index (χ1) is 8.74. The van der Waals surface area contributed by atoms with E-state index in [4.69, 9.17) is 5.26 Å². The Labute approximate surface area is 115 Å². The Morgan fingerprint density at radius 1 is 0.722 bits per heavy atom. The van der Waals surface area contributed by atoms with Crippen molar-refractivity contribution in [2.45, 2.75) is 97.8 Å². The fraction of sp³-hybridized carbons (Fsp3) is 0.941. The second kappa shape index (κ2) is 11.6. The molecule has 0 saturated heterocycles. The first kappa shape index (κ1) is 17.5. The van der Waals surface area contributed by atoms with Crippen LogP contribution >= 0.6 is 0 Å². The van der Waals surface area contributed by atoms with Crippen molar-refractivity contribution in [3.63, 3.8) is 0 Å². The minimum atomic E-state index is 0.632. The molecule has 0 heterocycles. The number of nitriles is 1. The first-order valence-electron chi connectivity index (χ1n) is 8.11.